The van der Waals surface area contributed by atoms with Crippen molar-refractivity contribution < 1.29 is 21.6 Å². The monoisotopic (exact) mass is 371 g/mol. The highest BCUT2D eigenvalue weighted by molar-refractivity contribution is 7.89. The predicted octanol–water partition coefficient (Wildman–Crippen LogP) is 3.06. The summed E-state index contributed by atoms with van der Waals surface area (Å²) in [5.74, 6) is -0.00451. The van der Waals surface area contributed by atoms with E-state index in [0.717, 1.165) is 6.07 Å². The Labute approximate surface area is 143 Å². The van der Waals surface area contributed by atoms with Gasteiger partial charge in [-0.15, -0.1) is 0 Å². The zero-order chi connectivity index (χ0) is 18.1. The number of piperidine rings is 1. The second-order valence-electron chi connectivity index (χ2n) is 5.84. The van der Waals surface area contributed by atoms with E-state index in [9.17, 15) is 21.6 Å². The lowest BCUT2D eigenvalue weighted by molar-refractivity contribution is -0.141. The molecule has 3 rings (SSSR count). The minimum absolute atomic E-state index is 0.00451. The number of rotatable bonds is 3. The van der Waals surface area contributed by atoms with E-state index in [4.69, 9.17) is 0 Å². The molecular formula is C16H16F3N3O2S. The Balaban J connectivity index is 1.68. The van der Waals surface area contributed by atoms with Gasteiger partial charge in [0.05, 0.1) is 0 Å². The zero-order valence-corrected chi connectivity index (χ0v) is 14.0. The van der Waals surface area contributed by atoms with Crippen LogP contribution in [0.4, 0.5) is 13.2 Å². The van der Waals surface area contributed by atoms with E-state index in [1.54, 1.807) is 6.07 Å². The number of nitrogens with zero attached hydrogens (tertiary/aromatic N) is 3. The van der Waals surface area contributed by atoms with Gasteiger partial charge in [0.1, 0.15) is 10.6 Å². The van der Waals surface area contributed by atoms with E-state index in [-0.39, 0.29) is 10.8 Å². The topological polar surface area (TPSA) is 63.2 Å². The molecule has 0 aliphatic carbocycles. The SMILES string of the molecule is O=S(=O)(c1cccnc1)N1CCC(c2ccc(C(F)(F)F)nc2)CC1. The third kappa shape index (κ3) is 3.82. The van der Waals surface area contributed by atoms with Gasteiger partial charge in [-0.25, -0.2) is 8.42 Å². The van der Waals surface area contributed by atoms with Crippen molar-refractivity contribution in [1.29, 1.82) is 0 Å². The molecule has 1 saturated heterocycles. The summed E-state index contributed by atoms with van der Waals surface area (Å²) in [5.41, 5.74) is -0.223. The summed E-state index contributed by atoms with van der Waals surface area (Å²) >= 11 is 0. The molecule has 0 unspecified atom stereocenters. The van der Waals surface area contributed by atoms with Gasteiger partial charge >= 0.3 is 6.18 Å². The van der Waals surface area contributed by atoms with E-state index < -0.39 is 21.9 Å². The Hall–Kier alpha value is -2.00. The summed E-state index contributed by atoms with van der Waals surface area (Å²) in [7, 11) is -3.59. The van der Waals surface area contributed by atoms with Gasteiger partial charge in [-0.05, 0) is 42.5 Å². The molecule has 0 spiro atoms. The average Bonchev–Trinajstić information content (AvgIpc) is 2.62. The Morgan fingerprint density at radius 1 is 1.08 bits per heavy atom. The minimum Gasteiger partial charge on any atom is -0.263 e. The molecule has 1 aliphatic rings. The molecule has 134 valence electrons. The maximum atomic E-state index is 12.6. The summed E-state index contributed by atoms with van der Waals surface area (Å²) in [6.07, 6.45) is 0.654. The first-order valence-electron chi connectivity index (χ1n) is 7.72. The van der Waals surface area contributed by atoms with Gasteiger partial charge in [-0.1, -0.05) is 6.07 Å². The number of pyridine rings is 2. The van der Waals surface area contributed by atoms with Crippen molar-refractivity contribution in [2.24, 2.45) is 0 Å². The fraction of sp³-hybridized carbons (Fsp3) is 0.375. The van der Waals surface area contributed by atoms with Gasteiger partial charge in [-0.3, -0.25) is 9.97 Å². The molecule has 0 bridgehead atoms. The van der Waals surface area contributed by atoms with Gasteiger partial charge in [0.15, 0.2) is 0 Å². The number of hydrogen-bond donors (Lipinski definition) is 0. The van der Waals surface area contributed by atoms with Crippen LogP contribution in [0.5, 0.6) is 0 Å². The van der Waals surface area contributed by atoms with Gasteiger partial charge in [0, 0.05) is 31.7 Å². The number of sulfonamides is 1. The summed E-state index contributed by atoms with van der Waals surface area (Å²) < 4.78 is 64.1. The van der Waals surface area contributed by atoms with Crippen LogP contribution in [0.3, 0.4) is 0 Å². The molecule has 2 aromatic rings. The highest BCUT2D eigenvalue weighted by Crippen LogP contribution is 2.32. The van der Waals surface area contributed by atoms with E-state index >= 15 is 0 Å². The molecule has 0 radical (unpaired) electrons. The van der Waals surface area contributed by atoms with Gasteiger partial charge in [0.25, 0.3) is 0 Å². The van der Waals surface area contributed by atoms with Gasteiger partial charge < -0.3 is 0 Å². The first-order chi connectivity index (χ1) is 11.8. The Morgan fingerprint density at radius 3 is 2.32 bits per heavy atom. The normalized spacial score (nSPS) is 17.6. The zero-order valence-electron chi connectivity index (χ0n) is 13.1. The molecule has 0 amide bonds. The predicted molar refractivity (Wildman–Crippen MR) is 84.2 cm³/mol. The van der Waals surface area contributed by atoms with Crippen LogP contribution >= 0.6 is 0 Å². The molecule has 0 aromatic carbocycles. The van der Waals surface area contributed by atoms with Crippen LogP contribution in [0.1, 0.15) is 30.0 Å². The summed E-state index contributed by atoms with van der Waals surface area (Å²) in [6, 6.07) is 5.45. The fourth-order valence-corrected chi connectivity index (χ4v) is 4.33. The van der Waals surface area contributed by atoms with E-state index in [1.165, 1.54) is 35.0 Å². The third-order valence-corrected chi connectivity index (χ3v) is 6.16. The van der Waals surface area contributed by atoms with E-state index in [1.807, 2.05) is 0 Å². The van der Waals surface area contributed by atoms with Crippen molar-refractivity contribution >= 4 is 10.0 Å². The average molecular weight is 371 g/mol. The number of aromatic nitrogens is 2. The van der Waals surface area contributed by atoms with Crippen molar-refractivity contribution in [1.82, 2.24) is 14.3 Å². The highest BCUT2D eigenvalue weighted by Gasteiger charge is 2.33. The maximum absolute atomic E-state index is 12.6. The second-order valence-corrected chi connectivity index (χ2v) is 7.78. The minimum atomic E-state index is -4.46. The molecule has 0 N–H and O–H groups in total. The molecular weight excluding hydrogens is 355 g/mol. The third-order valence-electron chi connectivity index (χ3n) is 4.27. The van der Waals surface area contributed by atoms with Crippen molar-refractivity contribution in [2.45, 2.75) is 29.8 Å². The molecule has 1 fully saturated rings. The first-order valence-corrected chi connectivity index (χ1v) is 9.16. The maximum Gasteiger partial charge on any atom is 0.433 e. The quantitative estimate of drug-likeness (QED) is 0.832. The lowest BCUT2D eigenvalue weighted by Gasteiger charge is -2.31. The van der Waals surface area contributed by atoms with Crippen LogP contribution in [-0.2, 0) is 16.2 Å². The van der Waals surface area contributed by atoms with Crippen LogP contribution in [0, 0.1) is 0 Å². The van der Waals surface area contributed by atoms with E-state index in [2.05, 4.69) is 9.97 Å². The fourth-order valence-electron chi connectivity index (χ4n) is 2.89. The molecule has 0 saturated carbocycles. The van der Waals surface area contributed by atoms with Gasteiger partial charge in [0.2, 0.25) is 10.0 Å². The lowest BCUT2D eigenvalue weighted by Crippen LogP contribution is -2.37. The van der Waals surface area contributed by atoms with Crippen molar-refractivity contribution in [3.8, 4) is 0 Å². The summed E-state index contributed by atoms with van der Waals surface area (Å²) in [5, 5.41) is 0. The standard InChI is InChI=1S/C16H16F3N3O2S/c17-16(18,19)15-4-3-13(10-21-15)12-5-8-22(9-6-12)25(23,24)14-2-1-7-20-11-14/h1-4,7,10-12H,5-6,8-9H2. The second kappa shape index (κ2) is 6.72. The Bertz CT molecular complexity index is 816. The van der Waals surface area contributed by atoms with Crippen molar-refractivity contribution in [3.05, 3.63) is 54.1 Å². The number of halogens is 3. The molecule has 9 heteroatoms. The molecule has 25 heavy (non-hydrogen) atoms. The van der Waals surface area contributed by atoms with Crippen LogP contribution in [0.25, 0.3) is 0 Å². The van der Waals surface area contributed by atoms with Crippen molar-refractivity contribution in [3.63, 3.8) is 0 Å². The molecule has 5 nitrogen and oxygen atoms in total. The van der Waals surface area contributed by atoms with Crippen LogP contribution in [-0.4, -0.2) is 35.8 Å². The molecule has 3 heterocycles. The number of alkyl halides is 3. The largest absolute Gasteiger partial charge is 0.433 e. The van der Waals surface area contributed by atoms with E-state index in [0.29, 0.717) is 31.5 Å². The van der Waals surface area contributed by atoms with Crippen LogP contribution < -0.4 is 0 Å². The summed E-state index contributed by atoms with van der Waals surface area (Å²) in [6.45, 7) is 0.617. The first kappa shape index (κ1) is 17.8. The number of hydrogen-bond acceptors (Lipinski definition) is 4. The van der Waals surface area contributed by atoms with Gasteiger partial charge in [-0.2, -0.15) is 17.5 Å². The molecule has 1 aliphatic heterocycles. The summed E-state index contributed by atoms with van der Waals surface area (Å²) in [4.78, 5) is 7.45. The smallest absolute Gasteiger partial charge is 0.263 e. The Morgan fingerprint density at radius 2 is 1.80 bits per heavy atom. The van der Waals surface area contributed by atoms with Crippen LogP contribution in [0.2, 0.25) is 0 Å². The lowest BCUT2D eigenvalue weighted by atomic mass is 9.91. The Kier molecular flexibility index (Phi) is 4.79. The molecule has 0 atom stereocenters. The highest BCUT2D eigenvalue weighted by atomic mass is 32.2. The van der Waals surface area contributed by atoms with Crippen LogP contribution in [0.15, 0.2) is 47.8 Å². The molecule has 2 aromatic heterocycles. The van der Waals surface area contributed by atoms with Crippen molar-refractivity contribution in [2.75, 3.05) is 13.1 Å².